The van der Waals surface area contributed by atoms with E-state index in [1.807, 2.05) is 49.4 Å². The highest BCUT2D eigenvalue weighted by Crippen LogP contribution is 2.26. The van der Waals surface area contributed by atoms with Crippen LogP contribution in [0.25, 0.3) is 11.6 Å². The summed E-state index contributed by atoms with van der Waals surface area (Å²) in [6, 6.07) is 13.2. The second kappa shape index (κ2) is 5.79. The predicted octanol–water partition coefficient (Wildman–Crippen LogP) is 6.21. The van der Waals surface area contributed by atoms with E-state index in [0.717, 1.165) is 21.7 Å². The fraction of sp³-hybridized carbons (Fsp3) is 0.0667. The second-order valence-electron chi connectivity index (χ2n) is 4.00. The first kappa shape index (κ1) is 13.5. The van der Waals surface area contributed by atoms with Gasteiger partial charge in [0.05, 0.1) is 0 Å². The van der Waals surface area contributed by atoms with E-state index in [0.29, 0.717) is 10.0 Å². The molecule has 3 heteroatoms. The molecule has 2 aromatic carbocycles. The first-order valence-electron chi connectivity index (χ1n) is 5.45. The minimum atomic E-state index is 0.640. The van der Waals surface area contributed by atoms with Gasteiger partial charge in [0.15, 0.2) is 0 Å². The maximum Gasteiger partial charge on any atom is 0.0493 e. The van der Waals surface area contributed by atoms with Crippen molar-refractivity contribution in [2.75, 3.05) is 0 Å². The Balaban J connectivity index is 2.35. The smallest absolute Gasteiger partial charge is 0.0493 e. The summed E-state index contributed by atoms with van der Waals surface area (Å²) in [5.41, 5.74) is 3.19. The highest BCUT2D eigenvalue weighted by Gasteiger charge is 2.01. The van der Waals surface area contributed by atoms with Gasteiger partial charge in [-0.2, -0.15) is 0 Å². The van der Waals surface area contributed by atoms with E-state index in [9.17, 15) is 0 Å². The number of halogens is 3. The first-order valence-corrected chi connectivity index (χ1v) is 6.59. The lowest BCUT2D eigenvalue weighted by Gasteiger charge is -2.04. The van der Waals surface area contributed by atoms with Crippen molar-refractivity contribution in [1.82, 2.24) is 0 Å². The van der Waals surface area contributed by atoms with Crippen molar-refractivity contribution in [2.24, 2.45) is 0 Å². The second-order valence-corrected chi connectivity index (χ2v) is 5.28. The van der Waals surface area contributed by atoms with Crippen molar-refractivity contribution in [3.05, 3.63) is 68.7 Å². The lowest BCUT2D eigenvalue weighted by molar-refractivity contribution is 1.57. The number of allylic oxidation sites excluding steroid dienone is 1. The molecule has 0 amide bonds. The topological polar surface area (TPSA) is 0 Å². The Kier molecular flexibility index (Phi) is 4.34. The van der Waals surface area contributed by atoms with Crippen LogP contribution in [-0.4, -0.2) is 0 Å². The van der Waals surface area contributed by atoms with Crippen LogP contribution in [0.15, 0.2) is 42.5 Å². The van der Waals surface area contributed by atoms with Crippen LogP contribution in [-0.2, 0) is 0 Å². The molecule has 0 nitrogen and oxygen atoms in total. The molecular weight excluding hydrogens is 287 g/mol. The largest absolute Gasteiger partial charge is 0.0843 e. The van der Waals surface area contributed by atoms with Crippen LogP contribution < -0.4 is 0 Å². The van der Waals surface area contributed by atoms with Crippen molar-refractivity contribution in [3.63, 3.8) is 0 Å². The summed E-state index contributed by atoms with van der Waals surface area (Å²) in [6.45, 7) is 2.04. The van der Waals surface area contributed by atoms with Crippen molar-refractivity contribution in [1.29, 1.82) is 0 Å². The molecule has 0 spiro atoms. The summed E-state index contributed by atoms with van der Waals surface area (Å²) in [5.74, 6) is 0. The molecule has 0 radical (unpaired) electrons. The SMILES string of the molecule is CC(=Cc1ccc(Cl)cc1Cl)c1ccc(Cl)cc1. The third-order valence-corrected chi connectivity index (χ3v) is 3.45. The van der Waals surface area contributed by atoms with Crippen molar-refractivity contribution < 1.29 is 0 Å². The van der Waals surface area contributed by atoms with Crippen LogP contribution in [0.4, 0.5) is 0 Å². The average Bonchev–Trinajstić information content (AvgIpc) is 2.33. The molecule has 18 heavy (non-hydrogen) atoms. The molecule has 0 aliphatic heterocycles. The zero-order valence-corrected chi connectivity index (χ0v) is 12.0. The van der Waals surface area contributed by atoms with Gasteiger partial charge >= 0.3 is 0 Å². The Morgan fingerprint density at radius 2 is 1.50 bits per heavy atom. The summed E-state index contributed by atoms with van der Waals surface area (Å²) in [6.07, 6.45) is 2.03. The molecule has 0 bridgehead atoms. The van der Waals surface area contributed by atoms with E-state index in [2.05, 4.69) is 0 Å². The zero-order valence-electron chi connectivity index (χ0n) is 9.75. The third-order valence-electron chi connectivity index (χ3n) is 2.63. The average molecular weight is 298 g/mol. The molecule has 0 heterocycles. The Bertz CT molecular complexity index is 583. The molecule has 0 saturated carbocycles. The summed E-state index contributed by atoms with van der Waals surface area (Å²) in [7, 11) is 0. The molecule has 0 aliphatic rings. The van der Waals surface area contributed by atoms with Gasteiger partial charge in [-0.3, -0.25) is 0 Å². The number of rotatable bonds is 2. The minimum absolute atomic E-state index is 0.640. The zero-order chi connectivity index (χ0) is 13.1. The fourth-order valence-electron chi connectivity index (χ4n) is 1.65. The van der Waals surface area contributed by atoms with Gasteiger partial charge in [0.2, 0.25) is 0 Å². The molecule has 2 rings (SSSR count). The molecule has 2 aromatic rings. The van der Waals surface area contributed by atoms with E-state index in [-0.39, 0.29) is 0 Å². The van der Waals surface area contributed by atoms with E-state index in [4.69, 9.17) is 34.8 Å². The molecule has 0 aromatic heterocycles. The lowest BCUT2D eigenvalue weighted by atomic mass is 10.0. The third kappa shape index (κ3) is 3.29. The van der Waals surface area contributed by atoms with Crippen LogP contribution in [0.3, 0.4) is 0 Å². The van der Waals surface area contributed by atoms with Crippen LogP contribution in [0.2, 0.25) is 15.1 Å². The van der Waals surface area contributed by atoms with Crippen LogP contribution in [0.5, 0.6) is 0 Å². The molecule has 0 aliphatic carbocycles. The highest BCUT2D eigenvalue weighted by molar-refractivity contribution is 6.35. The quantitative estimate of drug-likeness (QED) is 0.578. The van der Waals surface area contributed by atoms with Crippen molar-refractivity contribution in [3.8, 4) is 0 Å². The van der Waals surface area contributed by atoms with E-state index in [1.54, 1.807) is 6.07 Å². The van der Waals surface area contributed by atoms with Crippen LogP contribution in [0, 0.1) is 0 Å². The van der Waals surface area contributed by atoms with Gasteiger partial charge in [0.1, 0.15) is 0 Å². The summed E-state index contributed by atoms with van der Waals surface area (Å²) in [4.78, 5) is 0. The van der Waals surface area contributed by atoms with Crippen LogP contribution in [0.1, 0.15) is 18.1 Å². The van der Waals surface area contributed by atoms with Gasteiger partial charge in [0, 0.05) is 15.1 Å². The Hall–Kier alpha value is -0.950. The summed E-state index contributed by atoms with van der Waals surface area (Å²) >= 11 is 17.9. The van der Waals surface area contributed by atoms with Gasteiger partial charge in [-0.05, 0) is 54.0 Å². The molecule has 0 atom stereocenters. The van der Waals surface area contributed by atoms with Gasteiger partial charge in [-0.15, -0.1) is 0 Å². The van der Waals surface area contributed by atoms with Crippen molar-refractivity contribution >= 4 is 46.5 Å². The Morgan fingerprint density at radius 1 is 0.889 bits per heavy atom. The number of benzene rings is 2. The van der Waals surface area contributed by atoms with E-state index < -0.39 is 0 Å². The standard InChI is InChI=1S/C15H11Cl3/c1-10(11-2-5-13(16)6-3-11)8-12-4-7-14(17)9-15(12)18/h2-9H,1H3. The van der Waals surface area contributed by atoms with E-state index >= 15 is 0 Å². The Morgan fingerprint density at radius 3 is 2.11 bits per heavy atom. The number of hydrogen-bond acceptors (Lipinski definition) is 0. The highest BCUT2D eigenvalue weighted by atomic mass is 35.5. The van der Waals surface area contributed by atoms with Gasteiger partial charge in [-0.1, -0.05) is 53.0 Å². The first-order chi connectivity index (χ1) is 8.56. The maximum absolute atomic E-state index is 6.14. The van der Waals surface area contributed by atoms with Gasteiger partial charge in [-0.25, -0.2) is 0 Å². The fourth-order valence-corrected chi connectivity index (χ4v) is 2.24. The molecular formula is C15H11Cl3. The predicted molar refractivity (Wildman–Crippen MR) is 81.5 cm³/mol. The monoisotopic (exact) mass is 296 g/mol. The number of hydrogen-bond donors (Lipinski definition) is 0. The molecule has 0 N–H and O–H groups in total. The van der Waals surface area contributed by atoms with Crippen molar-refractivity contribution in [2.45, 2.75) is 6.92 Å². The van der Waals surface area contributed by atoms with E-state index in [1.165, 1.54) is 0 Å². The molecule has 92 valence electrons. The van der Waals surface area contributed by atoms with Gasteiger partial charge in [0.25, 0.3) is 0 Å². The molecule has 0 fully saturated rings. The minimum Gasteiger partial charge on any atom is -0.0843 e. The molecule has 0 saturated heterocycles. The molecule has 0 unspecified atom stereocenters. The normalized spacial score (nSPS) is 11.7. The summed E-state index contributed by atoms with van der Waals surface area (Å²) in [5, 5.41) is 2.02. The van der Waals surface area contributed by atoms with Crippen LogP contribution >= 0.6 is 34.8 Å². The Labute approximate surface area is 122 Å². The van der Waals surface area contributed by atoms with Gasteiger partial charge < -0.3 is 0 Å². The maximum atomic E-state index is 6.14. The lowest BCUT2D eigenvalue weighted by Crippen LogP contribution is -1.81. The summed E-state index contributed by atoms with van der Waals surface area (Å²) < 4.78 is 0.